The van der Waals surface area contributed by atoms with Gasteiger partial charge in [0.1, 0.15) is 0 Å². The van der Waals surface area contributed by atoms with Gasteiger partial charge < -0.3 is 15.4 Å². The number of likely N-dealkylation sites (tertiary alicyclic amines) is 1. The maximum absolute atomic E-state index is 12.5. The molecule has 2 heterocycles. The van der Waals surface area contributed by atoms with E-state index in [1.54, 1.807) is 0 Å². The SMILES string of the molecule is Cc1ccccc1CC(=O)N1CCC([C@H]2OCC[C@@H]2C(N)=O)CC1. The molecular weight excluding hydrogens is 304 g/mol. The van der Waals surface area contributed by atoms with Crippen LogP contribution in [-0.4, -0.2) is 42.5 Å². The Morgan fingerprint density at radius 1 is 1.21 bits per heavy atom. The number of carbonyl (C=O) groups is 2. The number of nitrogens with two attached hydrogens (primary N) is 1. The molecule has 0 aliphatic carbocycles. The highest BCUT2D eigenvalue weighted by Gasteiger charge is 2.39. The molecule has 0 saturated carbocycles. The number of piperidine rings is 1. The zero-order valence-electron chi connectivity index (χ0n) is 14.2. The molecule has 1 aromatic carbocycles. The number of benzene rings is 1. The van der Waals surface area contributed by atoms with E-state index in [4.69, 9.17) is 10.5 Å². The number of carbonyl (C=O) groups excluding carboxylic acids is 2. The highest BCUT2D eigenvalue weighted by atomic mass is 16.5. The van der Waals surface area contributed by atoms with E-state index < -0.39 is 0 Å². The fourth-order valence-corrected chi connectivity index (χ4v) is 3.94. The molecular formula is C19H26N2O3. The van der Waals surface area contributed by atoms with Crippen molar-refractivity contribution in [2.24, 2.45) is 17.6 Å². The Labute approximate surface area is 143 Å². The summed E-state index contributed by atoms with van der Waals surface area (Å²) in [6.45, 7) is 4.13. The lowest BCUT2D eigenvalue weighted by molar-refractivity contribution is -0.133. The molecule has 5 nitrogen and oxygen atoms in total. The van der Waals surface area contributed by atoms with Crippen LogP contribution >= 0.6 is 0 Å². The van der Waals surface area contributed by atoms with Crippen molar-refractivity contribution in [3.05, 3.63) is 35.4 Å². The van der Waals surface area contributed by atoms with Gasteiger partial charge in [-0.2, -0.15) is 0 Å². The Morgan fingerprint density at radius 3 is 2.58 bits per heavy atom. The third kappa shape index (κ3) is 3.61. The standard InChI is InChI=1S/C19H26N2O3/c1-13-4-2-3-5-15(13)12-17(22)21-9-6-14(7-10-21)18-16(19(20)23)8-11-24-18/h2-5,14,16,18H,6-12H2,1H3,(H2,20,23)/t16-,18+/m0/s1. The minimum atomic E-state index is -0.254. The number of hydrogen-bond acceptors (Lipinski definition) is 3. The Bertz CT molecular complexity index is 608. The van der Waals surface area contributed by atoms with E-state index in [0.29, 0.717) is 18.9 Å². The molecule has 2 aliphatic heterocycles. The summed E-state index contributed by atoms with van der Waals surface area (Å²) >= 11 is 0. The van der Waals surface area contributed by atoms with Crippen LogP contribution in [0.5, 0.6) is 0 Å². The van der Waals surface area contributed by atoms with Crippen LogP contribution in [0.4, 0.5) is 0 Å². The first kappa shape index (κ1) is 17.0. The molecule has 24 heavy (non-hydrogen) atoms. The topological polar surface area (TPSA) is 72.6 Å². The summed E-state index contributed by atoms with van der Waals surface area (Å²) in [5, 5.41) is 0. The molecule has 2 aliphatic rings. The van der Waals surface area contributed by atoms with E-state index in [0.717, 1.165) is 43.5 Å². The number of ether oxygens (including phenoxy) is 1. The zero-order valence-corrected chi connectivity index (χ0v) is 14.2. The Balaban J connectivity index is 1.54. The van der Waals surface area contributed by atoms with Gasteiger partial charge >= 0.3 is 0 Å². The third-order valence-electron chi connectivity index (χ3n) is 5.46. The van der Waals surface area contributed by atoms with Crippen molar-refractivity contribution in [2.45, 2.75) is 38.7 Å². The van der Waals surface area contributed by atoms with Crippen LogP contribution in [-0.2, 0) is 20.7 Å². The van der Waals surface area contributed by atoms with Crippen molar-refractivity contribution < 1.29 is 14.3 Å². The molecule has 5 heteroatoms. The predicted molar refractivity (Wildman–Crippen MR) is 91.2 cm³/mol. The molecule has 2 N–H and O–H groups in total. The number of amides is 2. The van der Waals surface area contributed by atoms with Gasteiger partial charge in [0.25, 0.3) is 0 Å². The zero-order chi connectivity index (χ0) is 17.1. The van der Waals surface area contributed by atoms with Gasteiger partial charge in [-0.25, -0.2) is 0 Å². The van der Waals surface area contributed by atoms with E-state index in [9.17, 15) is 9.59 Å². The van der Waals surface area contributed by atoms with Gasteiger partial charge in [-0.15, -0.1) is 0 Å². The number of hydrogen-bond donors (Lipinski definition) is 1. The van der Waals surface area contributed by atoms with Gasteiger partial charge in [-0.05, 0) is 43.2 Å². The number of aryl methyl sites for hydroxylation is 1. The summed E-state index contributed by atoms with van der Waals surface area (Å²) in [5.74, 6) is 0.0915. The van der Waals surface area contributed by atoms with Crippen LogP contribution in [0.3, 0.4) is 0 Å². The summed E-state index contributed by atoms with van der Waals surface area (Å²) < 4.78 is 5.77. The molecule has 0 aromatic heterocycles. The van der Waals surface area contributed by atoms with Gasteiger partial charge in [-0.3, -0.25) is 9.59 Å². The molecule has 0 spiro atoms. The molecule has 2 amide bonds. The minimum absolute atomic E-state index is 0.0591. The molecule has 3 rings (SSSR count). The first-order valence-electron chi connectivity index (χ1n) is 8.79. The lowest BCUT2D eigenvalue weighted by Crippen LogP contribution is -2.44. The second-order valence-electron chi connectivity index (χ2n) is 6.95. The molecule has 0 radical (unpaired) electrons. The lowest BCUT2D eigenvalue weighted by atomic mass is 9.84. The summed E-state index contributed by atoms with van der Waals surface area (Å²) in [7, 11) is 0. The molecule has 0 bridgehead atoms. The van der Waals surface area contributed by atoms with Crippen molar-refractivity contribution in [3.63, 3.8) is 0 Å². The summed E-state index contributed by atoms with van der Waals surface area (Å²) in [5.41, 5.74) is 7.74. The predicted octanol–water partition coefficient (Wildman–Crippen LogP) is 1.67. The van der Waals surface area contributed by atoms with Gasteiger partial charge in [0.05, 0.1) is 18.4 Å². The fraction of sp³-hybridized carbons (Fsp3) is 0.579. The Kier molecular flexibility index (Phi) is 5.19. The van der Waals surface area contributed by atoms with Crippen LogP contribution in [0.25, 0.3) is 0 Å². The average molecular weight is 330 g/mol. The largest absolute Gasteiger partial charge is 0.377 e. The van der Waals surface area contributed by atoms with Crippen molar-refractivity contribution in [1.29, 1.82) is 0 Å². The van der Waals surface area contributed by atoms with Crippen LogP contribution in [0.2, 0.25) is 0 Å². The molecule has 130 valence electrons. The maximum Gasteiger partial charge on any atom is 0.226 e. The average Bonchev–Trinajstić information content (AvgIpc) is 3.07. The first-order valence-corrected chi connectivity index (χ1v) is 8.79. The normalized spacial score (nSPS) is 25.0. The van der Waals surface area contributed by atoms with Crippen LogP contribution < -0.4 is 5.73 Å². The molecule has 2 fully saturated rings. The lowest BCUT2D eigenvalue weighted by Gasteiger charge is -2.35. The fourth-order valence-electron chi connectivity index (χ4n) is 3.94. The molecule has 2 saturated heterocycles. The summed E-state index contributed by atoms with van der Waals surface area (Å²) in [6.07, 6.45) is 2.89. The van der Waals surface area contributed by atoms with Crippen molar-refractivity contribution >= 4 is 11.8 Å². The van der Waals surface area contributed by atoms with Crippen molar-refractivity contribution in [2.75, 3.05) is 19.7 Å². The van der Waals surface area contributed by atoms with Gasteiger partial charge in [0.2, 0.25) is 11.8 Å². The van der Waals surface area contributed by atoms with E-state index in [1.807, 2.05) is 36.1 Å². The van der Waals surface area contributed by atoms with E-state index in [1.165, 1.54) is 0 Å². The summed E-state index contributed by atoms with van der Waals surface area (Å²) in [6, 6.07) is 8.02. The molecule has 1 aromatic rings. The second-order valence-corrected chi connectivity index (χ2v) is 6.95. The second kappa shape index (κ2) is 7.34. The van der Waals surface area contributed by atoms with Crippen LogP contribution in [0, 0.1) is 18.8 Å². The van der Waals surface area contributed by atoms with Gasteiger partial charge in [-0.1, -0.05) is 24.3 Å². The maximum atomic E-state index is 12.5. The number of nitrogens with zero attached hydrogens (tertiary/aromatic N) is 1. The number of primary amides is 1. The highest BCUT2D eigenvalue weighted by molar-refractivity contribution is 5.79. The monoisotopic (exact) mass is 330 g/mol. The summed E-state index contributed by atoms with van der Waals surface area (Å²) in [4.78, 5) is 26.0. The van der Waals surface area contributed by atoms with Gasteiger partial charge in [0.15, 0.2) is 0 Å². The quantitative estimate of drug-likeness (QED) is 0.912. The van der Waals surface area contributed by atoms with Crippen molar-refractivity contribution in [1.82, 2.24) is 4.90 Å². The smallest absolute Gasteiger partial charge is 0.226 e. The number of rotatable bonds is 4. The van der Waals surface area contributed by atoms with E-state index >= 15 is 0 Å². The highest BCUT2D eigenvalue weighted by Crippen LogP contribution is 2.33. The van der Waals surface area contributed by atoms with E-state index in [-0.39, 0.29) is 23.8 Å². The molecule has 2 atom stereocenters. The Morgan fingerprint density at radius 2 is 1.92 bits per heavy atom. The van der Waals surface area contributed by atoms with E-state index in [2.05, 4.69) is 0 Å². The van der Waals surface area contributed by atoms with Gasteiger partial charge in [0, 0.05) is 19.7 Å². The third-order valence-corrected chi connectivity index (χ3v) is 5.46. The van der Waals surface area contributed by atoms with Crippen molar-refractivity contribution in [3.8, 4) is 0 Å². The minimum Gasteiger partial charge on any atom is -0.377 e. The Hall–Kier alpha value is -1.88. The first-order chi connectivity index (χ1) is 11.6. The van der Waals surface area contributed by atoms with Crippen LogP contribution in [0.15, 0.2) is 24.3 Å². The molecule has 0 unspecified atom stereocenters. The van der Waals surface area contributed by atoms with Crippen LogP contribution in [0.1, 0.15) is 30.4 Å².